The lowest BCUT2D eigenvalue weighted by atomic mass is 10.0. The highest BCUT2D eigenvalue weighted by Crippen LogP contribution is 2.28. The molecule has 8 nitrogen and oxygen atoms in total. The Labute approximate surface area is 204 Å². The van der Waals surface area contributed by atoms with E-state index in [1.54, 1.807) is 59.7 Å². The Bertz CT molecular complexity index is 1010. The van der Waals surface area contributed by atoms with Crippen LogP contribution in [0.3, 0.4) is 0 Å². The van der Waals surface area contributed by atoms with Crippen molar-refractivity contribution in [2.75, 3.05) is 12.8 Å². The van der Waals surface area contributed by atoms with Crippen LogP contribution >= 0.6 is 15.9 Å². The first-order valence-electron chi connectivity index (χ1n) is 10.6. The average molecular weight is 550 g/mol. The van der Waals surface area contributed by atoms with Crippen LogP contribution in [0, 0.1) is 5.82 Å². The number of rotatable bonds is 4. The Hall–Kier alpha value is -1.72. The zero-order valence-electron chi connectivity index (χ0n) is 20.1. The second-order valence-corrected chi connectivity index (χ2v) is 12.9. The molecule has 1 heterocycles. The van der Waals surface area contributed by atoms with Gasteiger partial charge < -0.3 is 14.4 Å². The van der Waals surface area contributed by atoms with Gasteiger partial charge >= 0.3 is 12.2 Å². The third-order valence-electron chi connectivity index (χ3n) is 4.65. The highest BCUT2D eigenvalue weighted by atomic mass is 79.9. The van der Waals surface area contributed by atoms with Gasteiger partial charge in [0.05, 0.1) is 10.5 Å². The maximum atomic E-state index is 14.7. The number of hydrogen-bond acceptors (Lipinski definition) is 5. The van der Waals surface area contributed by atoms with E-state index in [2.05, 4.69) is 25.0 Å². The number of nitrogens with zero attached hydrogens (tertiary/aromatic N) is 2. The van der Waals surface area contributed by atoms with Gasteiger partial charge in [-0.15, -0.1) is 4.36 Å². The molecule has 2 amide bonds. The van der Waals surface area contributed by atoms with Crippen molar-refractivity contribution in [1.29, 1.82) is 0 Å². The van der Waals surface area contributed by atoms with E-state index in [4.69, 9.17) is 9.47 Å². The largest absolute Gasteiger partial charge is 0.444 e. The second kappa shape index (κ2) is 10.3. The predicted octanol–water partition coefficient (Wildman–Crippen LogP) is 5.05. The van der Waals surface area contributed by atoms with Crippen LogP contribution in [0.4, 0.5) is 14.0 Å². The lowest BCUT2D eigenvalue weighted by Crippen LogP contribution is -2.49. The molecule has 0 saturated carbocycles. The standard InChI is InChI=1S/C22H33BrFN3O5S/c1-21(2,3)31-19(28)26-33(7,30)25-16-11-12-27(20(29)32-22(4,5)6)17(16)13-14-9-8-10-15(23)18(14)24/h8-10,16-17H,11-13H2,1-7H3,(H,25,26,28,30)/t16-,17-,33?/m0/s1. The van der Waals surface area contributed by atoms with E-state index in [0.717, 1.165) is 0 Å². The zero-order chi connectivity index (χ0) is 25.2. The fraction of sp³-hybridized carbons (Fsp3) is 0.636. The Morgan fingerprint density at radius 3 is 2.39 bits per heavy atom. The van der Waals surface area contributed by atoms with E-state index < -0.39 is 51.2 Å². The lowest BCUT2D eigenvalue weighted by Gasteiger charge is -2.31. The SMILES string of the molecule is CC(C)(C)OC(=O)N=S(C)(=O)N[C@H]1CCN(C(=O)OC(C)(C)C)[C@H]1Cc1cccc(Br)c1F. The monoisotopic (exact) mass is 549 g/mol. The Morgan fingerprint density at radius 1 is 1.21 bits per heavy atom. The number of amides is 2. The number of halogens is 2. The summed E-state index contributed by atoms with van der Waals surface area (Å²) in [5, 5.41) is 0. The van der Waals surface area contributed by atoms with Gasteiger partial charge in [0.15, 0.2) is 0 Å². The molecule has 1 aliphatic rings. The minimum Gasteiger partial charge on any atom is -0.444 e. The number of benzene rings is 1. The van der Waals surface area contributed by atoms with Crippen molar-refractivity contribution in [3.05, 3.63) is 34.1 Å². The van der Waals surface area contributed by atoms with Gasteiger partial charge in [-0.1, -0.05) is 12.1 Å². The highest BCUT2D eigenvalue weighted by molar-refractivity contribution is 9.10. The zero-order valence-corrected chi connectivity index (χ0v) is 22.5. The third kappa shape index (κ3) is 8.53. The molecule has 2 rings (SSSR count). The molecule has 1 N–H and O–H groups in total. The van der Waals surface area contributed by atoms with Crippen LogP contribution in [0.25, 0.3) is 0 Å². The molecule has 1 unspecified atom stereocenters. The Balaban J connectivity index is 2.33. The molecular formula is C22H33BrFN3O5S. The van der Waals surface area contributed by atoms with Crippen LogP contribution in [0.2, 0.25) is 0 Å². The molecule has 1 aromatic carbocycles. The van der Waals surface area contributed by atoms with Crippen molar-refractivity contribution in [1.82, 2.24) is 9.62 Å². The summed E-state index contributed by atoms with van der Waals surface area (Å²) in [7, 11) is -3.20. The molecule has 186 valence electrons. The van der Waals surface area contributed by atoms with Crippen LogP contribution in [0.15, 0.2) is 27.0 Å². The molecule has 11 heteroatoms. The average Bonchev–Trinajstić information content (AvgIpc) is 2.97. The molecule has 0 spiro atoms. The van der Waals surface area contributed by atoms with Crippen LogP contribution < -0.4 is 4.72 Å². The normalized spacial score (nSPS) is 20.8. The van der Waals surface area contributed by atoms with Gasteiger partial charge in [-0.3, -0.25) is 0 Å². The summed E-state index contributed by atoms with van der Waals surface area (Å²) in [6.07, 6.45) is 0.389. The molecule has 1 aromatic rings. The van der Waals surface area contributed by atoms with Gasteiger partial charge in [0.1, 0.15) is 26.9 Å². The number of likely N-dealkylation sites (tertiary alicyclic amines) is 1. The molecule has 0 aliphatic carbocycles. The lowest BCUT2D eigenvalue weighted by molar-refractivity contribution is 0.0217. The number of hydrogen-bond donors (Lipinski definition) is 1. The second-order valence-electron chi connectivity index (χ2n) is 10.0. The maximum Gasteiger partial charge on any atom is 0.443 e. The number of carbonyl (C=O) groups is 2. The van der Waals surface area contributed by atoms with Gasteiger partial charge in [0.25, 0.3) is 0 Å². The quantitative estimate of drug-likeness (QED) is 0.566. The number of nitrogens with one attached hydrogen (secondary N) is 1. The summed E-state index contributed by atoms with van der Waals surface area (Å²) in [6.45, 7) is 10.7. The Kier molecular flexibility index (Phi) is 8.56. The first-order valence-corrected chi connectivity index (χ1v) is 13.3. The summed E-state index contributed by atoms with van der Waals surface area (Å²) in [5.74, 6) is -0.428. The van der Waals surface area contributed by atoms with Crippen molar-refractivity contribution in [2.45, 2.75) is 77.7 Å². The minimum atomic E-state index is -3.20. The van der Waals surface area contributed by atoms with Gasteiger partial charge in [-0.05, 0) is 81.9 Å². The summed E-state index contributed by atoms with van der Waals surface area (Å²) < 4.78 is 45.4. The van der Waals surface area contributed by atoms with Crippen LogP contribution in [-0.4, -0.2) is 57.4 Å². The summed E-state index contributed by atoms with van der Waals surface area (Å²) in [5.41, 5.74) is -1.10. The molecular weight excluding hydrogens is 517 g/mol. The topological polar surface area (TPSA) is 97.3 Å². The smallest absolute Gasteiger partial charge is 0.443 e. The first-order chi connectivity index (χ1) is 15.0. The summed E-state index contributed by atoms with van der Waals surface area (Å²) in [4.78, 5) is 26.5. The van der Waals surface area contributed by atoms with Crippen LogP contribution in [-0.2, 0) is 25.8 Å². The van der Waals surface area contributed by atoms with E-state index in [-0.39, 0.29) is 6.42 Å². The van der Waals surface area contributed by atoms with Crippen LogP contribution in [0.5, 0.6) is 0 Å². The molecule has 1 saturated heterocycles. The number of carbonyl (C=O) groups excluding carboxylic acids is 2. The molecule has 0 radical (unpaired) electrons. The van der Waals surface area contributed by atoms with Gasteiger partial charge in [0, 0.05) is 18.8 Å². The molecule has 1 aliphatic heterocycles. The van der Waals surface area contributed by atoms with E-state index in [1.165, 1.54) is 11.2 Å². The van der Waals surface area contributed by atoms with Crippen molar-refractivity contribution in [2.24, 2.45) is 4.36 Å². The van der Waals surface area contributed by atoms with E-state index >= 15 is 0 Å². The fourth-order valence-corrected chi connectivity index (χ4v) is 5.07. The molecule has 33 heavy (non-hydrogen) atoms. The van der Waals surface area contributed by atoms with Gasteiger partial charge in [-0.25, -0.2) is 22.9 Å². The molecule has 1 fully saturated rings. The summed E-state index contributed by atoms with van der Waals surface area (Å²) >= 11 is 3.19. The predicted molar refractivity (Wildman–Crippen MR) is 129 cm³/mol. The maximum absolute atomic E-state index is 14.7. The van der Waals surface area contributed by atoms with Gasteiger partial charge in [0.2, 0.25) is 0 Å². The van der Waals surface area contributed by atoms with E-state index in [9.17, 15) is 18.2 Å². The van der Waals surface area contributed by atoms with Crippen molar-refractivity contribution < 1.29 is 27.7 Å². The molecule has 0 bridgehead atoms. The molecule has 3 atom stereocenters. The number of ether oxygens (including phenoxy) is 2. The van der Waals surface area contributed by atoms with E-state index in [1.807, 2.05) is 0 Å². The Morgan fingerprint density at radius 2 is 1.82 bits per heavy atom. The third-order valence-corrected chi connectivity index (χ3v) is 6.50. The van der Waals surface area contributed by atoms with Gasteiger partial charge in [-0.2, -0.15) is 0 Å². The van der Waals surface area contributed by atoms with E-state index in [0.29, 0.717) is 23.0 Å². The van der Waals surface area contributed by atoms with Crippen molar-refractivity contribution in [3.8, 4) is 0 Å². The first kappa shape index (κ1) is 27.5. The summed E-state index contributed by atoms with van der Waals surface area (Å²) in [6, 6.07) is 3.85. The van der Waals surface area contributed by atoms with Crippen molar-refractivity contribution >= 4 is 38.0 Å². The molecule has 0 aromatic heterocycles. The minimum absolute atomic E-state index is 0.157. The van der Waals surface area contributed by atoms with Crippen molar-refractivity contribution in [3.63, 3.8) is 0 Å². The fourth-order valence-electron chi connectivity index (χ4n) is 3.45. The van der Waals surface area contributed by atoms with Crippen LogP contribution in [0.1, 0.15) is 53.5 Å². The highest BCUT2D eigenvalue weighted by Gasteiger charge is 2.40.